The van der Waals surface area contributed by atoms with Crippen LogP contribution in [0.1, 0.15) is 39.5 Å². The Kier molecular flexibility index (Phi) is 6.13. The minimum atomic E-state index is -1.38. The van der Waals surface area contributed by atoms with Gasteiger partial charge in [-0.3, -0.25) is 0 Å². The molecule has 0 unspecified atom stereocenters. The molecule has 2 aromatic carbocycles. The lowest BCUT2D eigenvalue weighted by atomic mass is 9.98. The average molecular weight is 430 g/mol. The van der Waals surface area contributed by atoms with Crippen molar-refractivity contribution in [2.75, 3.05) is 13.2 Å². The van der Waals surface area contributed by atoms with Gasteiger partial charge in [0, 0.05) is 18.9 Å². The van der Waals surface area contributed by atoms with Gasteiger partial charge >= 0.3 is 12.1 Å². The molecular weight excluding hydrogens is 411 g/mol. The maximum absolute atomic E-state index is 13.3. The van der Waals surface area contributed by atoms with Crippen molar-refractivity contribution < 1.29 is 23.8 Å². The van der Waals surface area contributed by atoms with E-state index >= 15 is 0 Å². The summed E-state index contributed by atoms with van der Waals surface area (Å²) in [5, 5.41) is 11.6. The van der Waals surface area contributed by atoms with Crippen LogP contribution in [0.2, 0.25) is 0 Å². The van der Waals surface area contributed by atoms with Crippen LogP contribution in [0.5, 0.6) is 0 Å². The first-order chi connectivity index (χ1) is 15.5. The number of hydrogen-bond donors (Lipinski definition) is 2. The number of fused-ring (bicyclic) bond motifs is 3. The Bertz CT molecular complexity index is 1200. The quantitative estimate of drug-likeness (QED) is 0.468. The van der Waals surface area contributed by atoms with E-state index in [2.05, 4.69) is 46.4 Å². The molecule has 0 radical (unpaired) electrons. The second-order valence-electron chi connectivity index (χ2n) is 7.16. The van der Waals surface area contributed by atoms with Crippen LogP contribution in [0.25, 0.3) is 11.1 Å². The standard InChI is InChI=1S/C25H19FN2O4/c26-23-14-28-16(13-21(23)24(29)30)7-5-6-12-27-25(31)32-15-22-19-10-3-1-8-17(19)18-9-2-4-11-20(18)22/h1-4,8-11,13-14,22H,6,12,15H2,(H,27,31)(H,29,30). The van der Waals surface area contributed by atoms with Crippen molar-refractivity contribution in [3.8, 4) is 23.0 Å². The highest BCUT2D eigenvalue weighted by atomic mass is 19.1. The van der Waals surface area contributed by atoms with Gasteiger partial charge in [0.25, 0.3) is 0 Å². The van der Waals surface area contributed by atoms with Crippen LogP contribution in [0, 0.1) is 17.7 Å². The van der Waals surface area contributed by atoms with Gasteiger partial charge in [0.15, 0.2) is 5.82 Å². The number of nitrogens with zero attached hydrogens (tertiary/aromatic N) is 1. The van der Waals surface area contributed by atoms with E-state index in [4.69, 9.17) is 9.84 Å². The normalized spacial score (nSPS) is 11.7. The van der Waals surface area contributed by atoms with E-state index in [-0.39, 0.29) is 24.8 Å². The van der Waals surface area contributed by atoms with Crippen LogP contribution >= 0.6 is 0 Å². The monoisotopic (exact) mass is 430 g/mol. The fraction of sp³-hybridized carbons (Fsp3) is 0.160. The molecule has 1 heterocycles. The fourth-order valence-electron chi connectivity index (χ4n) is 3.70. The van der Waals surface area contributed by atoms with Gasteiger partial charge in [0.05, 0.1) is 11.8 Å². The lowest BCUT2D eigenvalue weighted by Gasteiger charge is -2.14. The zero-order valence-corrected chi connectivity index (χ0v) is 17.0. The molecule has 0 fully saturated rings. The van der Waals surface area contributed by atoms with E-state index in [0.717, 1.165) is 34.5 Å². The van der Waals surface area contributed by atoms with Crippen LogP contribution in [-0.4, -0.2) is 35.3 Å². The number of nitrogens with one attached hydrogen (secondary N) is 1. The molecule has 0 spiro atoms. The summed E-state index contributed by atoms with van der Waals surface area (Å²) in [5.74, 6) is 3.11. The number of aromatic carboxylic acids is 1. The van der Waals surface area contributed by atoms with Crippen molar-refractivity contribution >= 4 is 12.1 Å². The Hall–Kier alpha value is -4.18. The summed E-state index contributed by atoms with van der Waals surface area (Å²) in [6.45, 7) is 0.472. The number of carboxylic acid groups (broad SMARTS) is 1. The minimum absolute atomic E-state index is 0.0130. The number of carbonyl (C=O) groups excluding carboxylic acids is 1. The van der Waals surface area contributed by atoms with Crippen LogP contribution in [0.3, 0.4) is 0 Å². The van der Waals surface area contributed by atoms with Crippen molar-refractivity contribution in [3.63, 3.8) is 0 Å². The van der Waals surface area contributed by atoms with Crippen molar-refractivity contribution in [3.05, 3.63) is 89.0 Å². The lowest BCUT2D eigenvalue weighted by molar-refractivity contribution is 0.0691. The van der Waals surface area contributed by atoms with Gasteiger partial charge in [0.2, 0.25) is 0 Å². The molecule has 0 bridgehead atoms. The van der Waals surface area contributed by atoms with E-state index < -0.39 is 23.4 Å². The molecule has 0 saturated carbocycles. The van der Waals surface area contributed by atoms with Crippen molar-refractivity contribution in [2.45, 2.75) is 12.3 Å². The van der Waals surface area contributed by atoms with Gasteiger partial charge in [0.1, 0.15) is 12.3 Å². The molecule has 32 heavy (non-hydrogen) atoms. The molecule has 0 aliphatic heterocycles. The number of carbonyl (C=O) groups is 2. The minimum Gasteiger partial charge on any atom is -0.478 e. The number of pyridine rings is 1. The van der Waals surface area contributed by atoms with Crippen molar-refractivity contribution in [1.29, 1.82) is 0 Å². The molecule has 3 aromatic rings. The summed E-state index contributed by atoms with van der Waals surface area (Å²) >= 11 is 0. The SMILES string of the molecule is O=C(NCCC#Cc1cc(C(=O)O)c(F)cn1)OCC1c2ccccc2-c2ccccc21. The zero-order valence-electron chi connectivity index (χ0n) is 17.0. The Morgan fingerprint density at radius 2 is 1.75 bits per heavy atom. The van der Waals surface area contributed by atoms with Gasteiger partial charge in [-0.05, 0) is 34.2 Å². The van der Waals surface area contributed by atoms with Crippen LogP contribution in [0.4, 0.5) is 9.18 Å². The molecule has 0 saturated heterocycles. The van der Waals surface area contributed by atoms with Crippen molar-refractivity contribution in [2.24, 2.45) is 0 Å². The number of aromatic nitrogens is 1. The highest BCUT2D eigenvalue weighted by Gasteiger charge is 2.28. The third-order valence-electron chi connectivity index (χ3n) is 5.17. The fourth-order valence-corrected chi connectivity index (χ4v) is 3.70. The molecule has 0 atom stereocenters. The number of ether oxygens (including phenoxy) is 1. The van der Waals surface area contributed by atoms with Crippen LogP contribution in [0.15, 0.2) is 60.8 Å². The Labute approximate surface area is 184 Å². The number of amides is 1. The van der Waals surface area contributed by atoms with E-state index in [1.54, 1.807) is 0 Å². The highest BCUT2D eigenvalue weighted by molar-refractivity contribution is 5.88. The number of carboxylic acids is 1. The van der Waals surface area contributed by atoms with Crippen molar-refractivity contribution in [1.82, 2.24) is 10.3 Å². The third-order valence-corrected chi connectivity index (χ3v) is 5.17. The first-order valence-corrected chi connectivity index (χ1v) is 10.0. The van der Waals surface area contributed by atoms with Gasteiger partial charge in [-0.1, -0.05) is 54.5 Å². The van der Waals surface area contributed by atoms with Crippen LogP contribution in [-0.2, 0) is 4.74 Å². The summed E-state index contributed by atoms with van der Waals surface area (Å²) in [4.78, 5) is 26.8. The summed E-state index contributed by atoms with van der Waals surface area (Å²) in [5.41, 5.74) is 4.26. The average Bonchev–Trinajstić information content (AvgIpc) is 3.12. The number of rotatable bonds is 5. The largest absolute Gasteiger partial charge is 0.478 e. The summed E-state index contributed by atoms with van der Waals surface area (Å²) < 4.78 is 18.8. The summed E-state index contributed by atoms with van der Waals surface area (Å²) in [7, 11) is 0. The molecule has 1 aliphatic carbocycles. The molecule has 1 aliphatic rings. The zero-order chi connectivity index (χ0) is 22.5. The van der Waals surface area contributed by atoms with Gasteiger partial charge < -0.3 is 15.2 Å². The first-order valence-electron chi connectivity index (χ1n) is 10.0. The molecule has 4 rings (SSSR count). The van der Waals surface area contributed by atoms with E-state index in [1.165, 1.54) is 0 Å². The summed E-state index contributed by atoms with van der Waals surface area (Å²) in [6.07, 6.45) is 0.579. The first kappa shape index (κ1) is 21.1. The predicted octanol–water partition coefficient (Wildman–Crippen LogP) is 4.20. The van der Waals surface area contributed by atoms with E-state index in [9.17, 15) is 14.0 Å². The number of benzene rings is 2. The topological polar surface area (TPSA) is 88.5 Å². The maximum atomic E-state index is 13.3. The lowest BCUT2D eigenvalue weighted by Crippen LogP contribution is -2.26. The third kappa shape index (κ3) is 4.44. The molecule has 2 N–H and O–H groups in total. The highest BCUT2D eigenvalue weighted by Crippen LogP contribution is 2.44. The number of hydrogen-bond acceptors (Lipinski definition) is 4. The second-order valence-corrected chi connectivity index (χ2v) is 7.16. The van der Waals surface area contributed by atoms with Gasteiger partial charge in [-0.25, -0.2) is 19.0 Å². The van der Waals surface area contributed by atoms with Crippen LogP contribution < -0.4 is 5.32 Å². The molecule has 1 amide bonds. The Morgan fingerprint density at radius 3 is 2.41 bits per heavy atom. The summed E-state index contributed by atoms with van der Waals surface area (Å²) in [6, 6.07) is 17.3. The van der Waals surface area contributed by atoms with E-state index in [0.29, 0.717) is 6.42 Å². The molecule has 7 heteroatoms. The molecule has 1 aromatic heterocycles. The number of alkyl carbamates (subject to hydrolysis) is 1. The maximum Gasteiger partial charge on any atom is 0.407 e. The second kappa shape index (κ2) is 9.31. The Morgan fingerprint density at radius 1 is 1.09 bits per heavy atom. The molecule has 6 nitrogen and oxygen atoms in total. The smallest absolute Gasteiger partial charge is 0.407 e. The van der Waals surface area contributed by atoms with Gasteiger partial charge in [-0.15, -0.1) is 0 Å². The molecule has 160 valence electrons. The number of halogens is 1. The Balaban J connectivity index is 1.29. The van der Waals surface area contributed by atoms with E-state index in [1.807, 2.05) is 24.3 Å². The predicted molar refractivity (Wildman–Crippen MR) is 116 cm³/mol. The molecular formula is C25H19FN2O4. The van der Waals surface area contributed by atoms with Gasteiger partial charge in [-0.2, -0.15) is 0 Å².